The van der Waals surface area contributed by atoms with Crippen molar-refractivity contribution in [2.24, 2.45) is 17.6 Å². The fourth-order valence-electron chi connectivity index (χ4n) is 4.11. The van der Waals surface area contributed by atoms with Gasteiger partial charge < -0.3 is 20.9 Å². The number of aliphatic hydroxyl groups is 1. The van der Waals surface area contributed by atoms with Crippen LogP contribution in [0.3, 0.4) is 0 Å². The van der Waals surface area contributed by atoms with Gasteiger partial charge in [0.15, 0.2) is 6.04 Å². The predicted octanol–water partition coefficient (Wildman–Crippen LogP) is 3.55. The van der Waals surface area contributed by atoms with Crippen molar-refractivity contribution in [1.29, 1.82) is 0 Å². The van der Waals surface area contributed by atoms with Gasteiger partial charge in [-0.05, 0) is 23.8 Å². The minimum atomic E-state index is -3.99. The molecule has 6 nitrogen and oxygen atoms in total. The van der Waals surface area contributed by atoms with Crippen LogP contribution in [0.4, 0.5) is 8.78 Å². The molecular formula is C24H36F2N2O4. The molecule has 1 amide bonds. The average Bonchev–Trinajstić information content (AvgIpc) is 2.76. The van der Waals surface area contributed by atoms with Crippen LogP contribution in [0.25, 0.3) is 0 Å². The molecule has 0 aromatic heterocycles. The number of esters is 1. The monoisotopic (exact) mass is 454 g/mol. The Morgan fingerprint density at radius 3 is 2.41 bits per heavy atom. The number of benzene rings is 1. The molecule has 32 heavy (non-hydrogen) atoms. The highest BCUT2D eigenvalue weighted by Crippen LogP contribution is 2.32. The number of amides is 1. The molecule has 2 rings (SSSR count). The third kappa shape index (κ3) is 7.81. The van der Waals surface area contributed by atoms with E-state index in [1.54, 1.807) is 44.2 Å². The highest BCUT2D eigenvalue weighted by Gasteiger charge is 2.54. The van der Waals surface area contributed by atoms with Crippen LogP contribution in [-0.4, -0.2) is 41.1 Å². The van der Waals surface area contributed by atoms with Crippen LogP contribution in [0.1, 0.15) is 64.4 Å². The third-order valence-electron chi connectivity index (χ3n) is 5.87. The Bertz CT molecular complexity index is 724. The SMILES string of the molecule is CC(C)CC(=O)NC(C(=O)OCc1ccccc1)C(F)(F)C(O)C(N)CC1CCCCC1. The molecule has 0 heterocycles. The normalized spacial score (nSPS) is 18.1. The molecular weight excluding hydrogens is 418 g/mol. The molecule has 1 aliphatic rings. The Kier molecular flexibility index (Phi) is 10.0. The molecule has 1 aromatic carbocycles. The van der Waals surface area contributed by atoms with E-state index in [0.29, 0.717) is 5.56 Å². The van der Waals surface area contributed by atoms with Gasteiger partial charge >= 0.3 is 11.9 Å². The fourth-order valence-corrected chi connectivity index (χ4v) is 4.11. The summed E-state index contributed by atoms with van der Waals surface area (Å²) in [4.78, 5) is 24.9. The Hall–Kier alpha value is -2.06. The smallest absolute Gasteiger partial charge is 0.335 e. The maximum Gasteiger partial charge on any atom is 0.335 e. The van der Waals surface area contributed by atoms with Gasteiger partial charge in [-0.2, -0.15) is 0 Å². The van der Waals surface area contributed by atoms with E-state index in [4.69, 9.17) is 10.5 Å². The molecule has 0 radical (unpaired) electrons. The number of alkyl halides is 2. The molecule has 1 aromatic rings. The number of hydrogen-bond acceptors (Lipinski definition) is 5. The van der Waals surface area contributed by atoms with E-state index in [-0.39, 0.29) is 31.3 Å². The molecule has 3 atom stereocenters. The molecule has 0 aliphatic heterocycles. The van der Waals surface area contributed by atoms with Gasteiger partial charge in [0, 0.05) is 12.5 Å². The van der Waals surface area contributed by atoms with Gasteiger partial charge in [0.05, 0.1) is 0 Å². The van der Waals surface area contributed by atoms with Gasteiger partial charge in [0.25, 0.3) is 0 Å². The van der Waals surface area contributed by atoms with Gasteiger partial charge in [-0.15, -0.1) is 0 Å². The largest absolute Gasteiger partial charge is 0.459 e. The summed E-state index contributed by atoms with van der Waals surface area (Å²) >= 11 is 0. The van der Waals surface area contributed by atoms with E-state index in [1.807, 2.05) is 0 Å². The second-order valence-corrected chi connectivity index (χ2v) is 9.21. The summed E-state index contributed by atoms with van der Waals surface area (Å²) in [5.41, 5.74) is 6.57. The molecule has 1 aliphatic carbocycles. The second-order valence-electron chi connectivity index (χ2n) is 9.21. The van der Waals surface area contributed by atoms with Crippen molar-refractivity contribution < 1.29 is 28.2 Å². The summed E-state index contributed by atoms with van der Waals surface area (Å²) in [5, 5.41) is 12.5. The van der Waals surface area contributed by atoms with Crippen LogP contribution >= 0.6 is 0 Å². The Morgan fingerprint density at radius 1 is 1.19 bits per heavy atom. The highest BCUT2D eigenvalue weighted by atomic mass is 19.3. The first-order valence-corrected chi connectivity index (χ1v) is 11.4. The molecule has 3 unspecified atom stereocenters. The number of aliphatic hydroxyl groups excluding tert-OH is 1. The average molecular weight is 455 g/mol. The number of nitrogens with one attached hydrogen (secondary N) is 1. The lowest BCUT2D eigenvalue weighted by Gasteiger charge is -2.34. The fraction of sp³-hybridized carbons (Fsp3) is 0.667. The number of nitrogens with two attached hydrogens (primary N) is 1. The minimum absolute atomic E-state index is 0.0389. The van der Waals surface area contributed by atoms with Crippen molar-refractivity contribution in [3.63, 3.8) is 0 Å². The summed E-state index contributed by atoms with van der Waals surface area (Å²) in [5.74, 6) is -5.94. The number of rotatable bonds is 11. The molecule has 8 heteroatoms. The Labute approximate surface area is 188 Å². The number of ether oxygens (including phenoxy) is 1. The number of carbonyl (C=O) groups excluding carboxylic acids is 2. The van der Waals surface area contributed by atoms with Crippen molar-refractivity contribution in [3.05, 3.63) is 35.9 Å². The lowest BCUT2D eigenvalue weighted by atomic mass is 9.82. The zero-order valence-corrected chi connectivity index (χ0v) is 18.9. The topological polar surface area (TPSA) is 102 Å². The van der Waals surface area contributed by atoms with Gasteiger partial charge in [0.1, 0.15) is 12.7 Å². The Balaban J connectivity index is 2.12. The molecule has 1 saturated carbocycles. The summed E-state index contributed by atoms with van der Waals surface area (Å²) in [7, 11) is 0. The molecule has 0 saturated heterocycles. The van der Waals surface area contributed by atoms with Crippen molar-refractivity contribution in [2.45, 2.75) is 89.5 Å². The van der Waals surface area contributed by atoms with E-state index in [0.717, 1.165) is 32.1 Å². The standard InChI is InChI=1S/C24H36F2N2O4/c1-16(2)13-20(29)28-21(23(31)32-15-18-11-7-4-8-12-18)24(25,26)22(30)19(27)14-17-9-5-3-6-10-17/h4,7-8,11-12,16-17,19,21-22,30H,3,5-6,9-10,13-15,27H2,1-2H3,(H,28,29). The minimum Gasteiger partial charge on any atom is -0.459 e. The van der Waals surface area contributed by atoms with Crippen molar-refractivity contribution >= 4 is 11.9 Å². The zero-order valence-electron chi connectivity index (χ0n) is 18.9. The predicted molar refractivity (Wildman–Crippen MR) is 118 cm³/mol. The van der Waals surface area contributed by atoms with E-state index >= 15 is 8.78 Å². The van der Waals surface area contributed by atoms with Crippen LogP contribution in [0.2, 0.25) is 0 Å². The van der Waals surface area contributed by atoms with Gasteiger partial charge in [-0.3, -0.25) is 4.79 Å². The molecule has 4 N–H and O–H groups in total. The molecule has 180 valence electrons. The second kappa shape index (κ2) is 12.3. The molecule has 0 spiro atoms. The van der Waals surface area contributed by atoms with E-state index in [9.17, 15) is 14.7 Å². The summed E-state index contributed by atoms with van der Waals surface area (Å²) in [6.45, 7) is 3.29. The van der Waals surface area contributed by atoms with E-state index in [2.05, 4.69) is 5.32 Å². The van der Waals surface area contributed by atoms with Crippen LogP contribution in [0.15, 0.2) is 30.3 Å². The summed E-state index contributed by atoms with van der Waals surface area (Å²) < 4.78 is 35.7. The van der Waals surface area contributed by atoms with Gasteiger partial charge in [-0.25, -0.2) is 13.6 Å². The van der Waals surface area contributed by atoms with Crippen LogP contribution in [0.5, 0.6) is 0 Å². The Morgan fingerprint density at radius 2 is 1.81 bits per heavy atom. The maximum absolute atomic E-state index is 15.3. The first-order chi connectivity index (χ1) is 15.1. The maximum atomic E-state index is 15.3. The first kappa shape index (κ1) is 26.2. The lowest BCUT2D eigenvalue weighted by molar-refractivity contribution is -0.178. The molecule has 1 fully saturated rings. The van der Waals surface area contributed by atoms with Gasteiger partial charge in [0.2, 0.25) is 5.91 Å². The number of carbonyl (C=O) groups is 2. The van der Waals surface area contributed by atoms with Crippen molar-refractivity contribution in [1.82, 2.24) is 5.32 Å². The quantitative estimate of drug-likeness (QED) is 0.444. The third-order valence-corrected chi connectivity index (χ3v) is 5.87. The van der Waals surface area contributed by atoms with E-state index < -0.39 is 36.0 Å². The number of hydrogen-bond donors (Lipinski definition) is 3. The summed E-state index contributed by atoms with van der Waals surface area (Å²) in [6, 6.07) is 5.06. The molecule has 0 bridgehead atoms. The lowest BCUT2D eigenvalue weighted by Crippen LogP contribution is -2.62. The van der Waals surface area contributed by atoms with Gasteiger partial charge in [-0.1, -0.05) is 76.3 Å². The highest BCUT2D eigenvalue weighted by molar-refractivity contribution is 5.85. The van der Waals surface area contributed by atoms with Crippen LogP contribution in [0, 0.1) is 11.8 Å². The first-order valence-electron chi connectivity index (χ1n) is 11.4. The van der Waals surface area contributed by atoms with Crippen molar-refractivity contribution in [2.75, 3.05) is 0 Å². The number of halogens is 2. The summed E-state index contributed by atoms with van der Waals surface area (Å²) in [6.07, 6.45) is 2.83. The zero-order chi connectivity index (χ0) is 23.7. The van der Waals surface area contributed by atoms with Crippen molar-refractivity contribution in [3.8, 4) is 0 Å². The van der Waals surface area contributed by atoms with E-state index in [1.165, 1.54) is 0 Å². The van der Waals surface area contributed by atoms with Crippen LogP contribution < -0.4 is 11.1 Å². The van der Waals surface area contributed by atoms with Crippen LogP contribution in [-0.2, 0) is 20.9 Å².